The summed E-state index contributed by atoms with van der Waals surface area (Å²) in [5, 5.41) is 5.60. The van der Waals surface area contributed by atoms with E-state index in [4.69, 9.17) is 0 Å². The molecule has 7 nitrogen and oxygen atoms in total. The Kier molecular flexibility index (Phi) is 6.49. The Hall–Kier alpha value is -3.25. The van der Waals surface area contributed by atoms with Crippen molar-refractivity contribution < 1.29 is 22.8 Å². The summed E-state index contributed by atoms with van der Waals surface area (Å²) in [6.45, 7) is 4.47. The molecule has 2 unspecified atom stereocenters. The highest BCUT2D eigenvalue weighted by molar-refractivity contribution is 7.15. The fraction of sp³-hybridized carbons (Fsp3) is 0.407. The van der Waals surface area contributed by atoms with E-state index in [1.54, 1.807) is 18.2 Å². The number of aromatic nitrogens is 3. The molecule has 2 fully saturated rings. The minimum Gasteiger partial charge on any atom is -0.349 e. The van der Waals surface area contributed by atoms with Crippen molar-refractivity contribution in [2.24, 2.45) is 11.8 Å². The van der Waals surface area contributed by atoms with Gasteiger partial charge in [-0.25, -0.2) is 9.97 Å². The summed E-state index contributed by atoms with van der Waals surface area (Å²) in [7, 11) is 0. The maximum absolute atomic E-state index is 14.0. The van der Waals surface area contributed by atoms with Crippen LogP contribution in [0.2, 0.25) is 0 Å². The summed E-state index contributed by atoms with van der Waals surface area (Å²) in [5.41, 5.74) is 1.18. The minimum absolute atomic E-state index is 0.192. The van der Waals surface area contributed by atoms with Crippen LogP contribution in [0.1, 0.15) is 56.5 Å². The highest BCUT2D eigenvalue weighted by Gasteiger charge is 2.47. The van der Waals surface area contributed by atoms with Gasteiger partial charge in [-0.3, -0.25) is 14.0 Å². The molecule has 204 valence electrons. The second-order valence-electron chi connectivity index (χ2n) is 10.2. The number of likely N-dealkylation sites (tertiary alicyclic amines) is 1. The molecular formula is C27H26F3N5O2S2. The van der Waals surface area contributed by atoms with Crippen molar-refractivity contribution in [3.8, 4) is 10.4 Å². The predicted molar refractivity (Wildman–Crippen MR) is 143 cm³/mol. The molecule has 2 aliphatic rings. The van der Waals surface area contributed by atoms with Crippen LogP contribution < -0.4 is 5.32 Å². The van der Waals surface area contributed by atoms with Gasteiger partial charge in [-0.1, -0.05) is 18.6 Å². The maximum Gasteiger partial charge on any atom is 0.416 e. The third kappa shape index (κ3) is 4.63. The first-order valence-electron chi connectivity index (χ1n) is 12.8. The van der Waals surface area contributed by atoms with Gasteiger partial charge in [0.25, 0.3) is 11.8 Å². The summed E-state index contributed by atoms with van der Waals surface area (Å²) < 4.78 is 41.0. The van der Waals surface area contributed by atoms with E-state index in [1.807, 2.05) is 16.5 Å². The van der Waals surface area contributed by atoms with Crippen LogP contribution in [-0.4, -0.2) is 50.2 Å². The van der Waals surface area contributed by atoms with Gasteiger partial charge in [0, 0.05) is 24.7 Å². The number of hydrogen-bond donors (Lipinski definition) is 1. The molecule has 12 heteroatoms. The minimum atomic E-state index is -4.43. The van der Waals surface area contributed by atoms with Crippen molar-refractivity contribution in [1.29, 1.82) is 0 Å². The van der Waals surface area contributed by atoms with Crippen molar-refractivity contribution >= 4 is 39.4 Å². The van der Waals surface area contributed by atoms with Gasteiger partial charge in [-0.05, 0) is 56.2 Å². The Morgan fingerprint density at radius 3 is 2.64 bits per heavy atom. The van der Waals surface area contributed by atoms with Gasteiger partial charge in [0.1, 0.15) is 11.4 Å². The summed E-state index contributed by atoms with van der Waals surface area (Å²) in [6.07, 6.45) is 0.484. The van der Waals surface area contributed by atoms with Gasteiger partial charge in [0.05, 0.1) is 27.2 Å². The molecule has 1 aliphatic heterocycles. The van der Waals surface area contributed by atoms with Crippen molar-refractivity contribution in [2.75, 3.05) is 13.1 Å². The number of nitrogens with zero attached hydrogens (tertiary/aromatic N) is 4. The van der Waals surface area contributed by atoms with Crippen LogP contribution in [-0.2, 0) is 6.18 Å². The Labute approximate surface area is 230 Å². The molecule has 4 heterocycles. The summed E-state index contributed by atoms with van der Waals surface area (Å²) in [6, 6.07) is 4.65. The Morgan fingerprint density at radius 1 is 1.13 bits per heavy atom. The molecule has 6 rings (SSSR count). The third-order valence-electron chi connectivity index (χ3n) is 7.84. The van der Waals surface area contributed by atoms with Crippen molar-refractivity contribution in [3.05, 3.63) is 63.5 Å². The van der Waals surface area contributed by atoms with Crippen LogP contribution in [0.4, 0.5) is 13.2 Å². The SMILES string of the molecule is Cc1nc(C(=O)N2CC3CCC[C@@H]3C2CNC(=O)c2c(C)nc3sccn23)c(-c2ccc(C(F)(F)F)cc2)s1. The average molecular weight is 574 g/mol. The predicted octanol–water partition coefficient (Wildman–Crippen LogP) is 5.83. The fourth-order valence-electron chi connectivity index (χ4n) is 6.08. The van der Waals surface area contributed by atoms with Crippen LogP contribution in [0.25, 0.3) is 15.4 Å². The smallest absolute Gasteiger partial charge is 0.349 e. The second kappa shape index (κ2) is 9.74. The molecular weight excluding hydrogens is 547 g/mol. The monoisotopic (exact) mass is 573 g/mol. The summed E-state index contributed by atoms with van der Waals surface area (Å²) >= 11 is 2.75. The number of halogens is 3. The van der Waals surface area contributed by atoms with Crippen LogP contribution in [0.3, 0.4) is 0 Å². The topological polar surface area (TPSA) is 79.6 Å². The van der Waals surface area contributed by atoms with Gasteiger partial charge >= 0.3 is 6.18 Å². The molecule has 1 saturated carbocycles. The number of amides is 2. The number of nitrogens with one attached hydrogen (secondary N) is 1. The molecule has 4 aromatic rings. The normalized spacial score (nSPS) is 21.1. The highest BCUT2D eigenvalue weighted by Crippen LogP contribution is 2.43. The van der Waals surface area contributed by atoms with E-state index in [9.17, 15) is 22.8 Å². The van der Waals surface area contributed by atoms with Gasteiger partial charge in [-0.15, -0.1) is 22.7 Å². The van der Waals surface area contributed by atoms with E-state index < -0.39 is 11.7 Å². The molecule has 2 amide bonds. The van der Waals surface area contributed by atoms with Crippen molar-refractivity contribution in [2.45, 2.75) is 45.3 Å². The van der Waals surface area contributed by atoms with Gasteiger partial charge in [0.15, 0.2) is 4.96 Å². The zero-order valence-corrected chi connectivity index (χ0v) is 22.9. The number of hydrogen-bond acceptors (Lipinski definition) is 6. The Bertz CT molecular complexity index is 1560. The summed E-state index contributed by atoms with van der Waals surface area (Å²) in [5.74, 6) is 0.146. The molecule has 1 aromatic carbocycles. The number of benzene rings is 1. The zero-order chi connectivity index (χ0) is 27.5. The number of rotatable bonds is 5. The maximum atomic E-state index is 14.0. The van der Waals surface area contributed by atoms with Gasteiger partial charge in [-0.2, -0.15) is 13.2 Å². The number of carbonyl (C=O) groups excluding carboxylic acids is 2. The first-order valence-corrected chi connectivity index (χ1v) is 14.5. The van der Waals surface area contributed by atoms with E-state index in [1.165, 1.54) is 34.8 Å². The van der Waals surface area contributed by atoms with Gasteiger partial charge < -0.3 is 10.2 Å². The quantitative estimate of drug-likeness (QED) is 0.326. The molecule has 0 bridgehead atoms. The van der Waals surface area contributed by atoms with E-state index in [0.29, 0.717) is 45.8 Å². The molecule has 3 atom stereocenters. The second-order valence-corrected chi connectivity index (χ2v) is 12.3. The van der Waals surface area contributed by atoms with Crippen molar-refractivity contribution in [1.82, 2.24) is 24.6 Å². The number of alkyl halides is 3. The number of imidazole rings is 1. The highest BCUT2D eigenvalue weighted by atomic mass is 32.1. The van der Waals surface area contributed by atoms with Crippen LogP contribution in [0.5, 0.6) is 0 Å². The largest absolute Gasteiger partial charge is 0.416 e. The lowest BCUT2D eigenvalue weighted by Gasteiger charge is -2.28. The van der Waals surface area contributed by atoms with Crippen LogP contribution in [0, 0.1) is 25.7 Å². The molecule has 0 radical (unpaired) electrons. The fourth-order valence-corrected chi connectivity index (χ4v) is 7.75. The van der Waals surface area contributed by atoms with Gasteiger partial charge in [0.2, 0.25) is 0 Å². The van der Waals surface area contributed by atoms with Crippen LogP contribution >= 0.6 is 22.7 Å². The third-order valence-corrected chi connectivity index (χ3v) is 9.62. The molecule has 3 aromatic heterocycles. The zero-order valence-electron chi connectivity index (χ0n) is 21.3. The lowest BCUT2D eigenvalue weighted by molar-refractivity contribution is -0.137. The summed E-state index contributed by atoms with van der Waals surface area (Å²) in [4.78, 5) is 39.3. The Morgan fingerprint density at radius 2 is 1.90 bits per heavy atom. The standard InChI is InChI=1S/C27H26F3N5O2S2/c1-14-22(34-10-11-38-26(34)32-14)24(36)31-12-20-19-5-3-4-17(19)13-35(20)25(37)21-23(39-15(2)33-21)16-6-8-18(9-7-16)27(28,29)30/h6-11,17,19-20H,3-5,12-13H2,1-2H3,(H,31,36)/t17?,19-,20?/m0/s1. The van der Waals surface area contributed by atoms with E-state index in [-0.39, 0.29) is 29.5 Å². The first kappa shape index (κ1) is 26.0. The lowest BCUT2D eigenvalue weighted by atomic mass is 9.94. The molecule has 39 heavy (non-hydrogen) atoms. The first-order chi connectivity index (χ1) is 18.6. The average Bonchev–Trinajstić information content (AvgIpc) is 3.69. The molecule has 1 saturated heterocycles. The van der Waals surface area contributed by atoms with E-state index in [0.717, 1.165) is 36.4 Å². The number of aryl methyl sites for hydroxylation is 2. The molecule has 1 N–H and O–H groups in total. The van der Waals surface area contributed by atoms with E-state index in [2.05, 4.69) is 15.3 Å². The number of carbonyl (C=O) groups is 2. The number of fused-ring (bicyclic) bond motifs is 2. The molecule has 1 aliphatic carbocycles. The Balaban J connectivity index is 1.26. The van der Waals surface area contributed by atoms with Crippen LogP contribution in [0.15, 0.2) is 35.8 Å². The molecule has 0 spiro atoms. The van der Waals surface area contributed by atoms with E-state index >= 15 is 0 Å². The number of thiazole rings is 2. The lowest BCUT2D eigenvalue weighted by Crippen LogP contribution is -2.46. The van der Waals surface area contributed by atoms with Crippen molar-refractivity contribution in [3.63, 3.8) is 0 Å².